The third-order valence-electron chi connectivity index (χ3n) is 2.57. The average Bonchev–Trinajstić information content (AvgIpc) is 2.85. The Hall–Kier alpha value is -1.76. The number of hydrogen-bond donors (Lipinski definition) is 1. The zero-order valence-corrected chi connectivity index (χ0v) is 11.4. The van der Waals surface area contributed by atoms with Crippen molar-refractivity contribution in [1.29, 1.82) is 0 Å². The van der Waals surface area contributed by atoms with Crippen molar-refractivity contribution in [2.45, 2.75) is 27.3 Å². The van der Waals surface area contributed by atoms with Crippen LogP contribution in [0.4, 0.5) is 0 Å². The molecule has 0 unspecified atom stereocenters. The SMILES string of the molecule is Cc1cc(C)n(CCNC(=O)c2snnc2C)n1. The Morgan fingerprint density at radius 1 is 1.44 bits per heavy atom. The van der Waals surface area contributed by atoms with Crippen LogP contribution in [0.3, 0.4) is 0 Å². The third-order valence-corrected chi connectivity index (χ3v) is 3.40. The number of nitrogens with zero attached hydrogens (tertiary/aromatic N) is 4. The number of hydrogen-bond acceptors (Lipinski definition) is 5. The second-order valence-electron chi connectivity index (χ2n) is 4.09. The maximum Gasteiger partial charge on any atom is 0.265 e. The quantitative estimate of drug-likeness (QED) is 0.898. The van der Waals surface area contributed by atoms with Gasteiger partial charge in [-0.3, -0.25) is 9.48 Å². The number of aromatic nitrogens is 4. The normalized spacial score (nSPS) is 10.6. The molecule has 2 rings (SSSR count). The van der Waals surface area contributed by atoms with E-state index in [9.17, 15) is 4.79 Å². The molecule has 1 N–H and O–H groups in total. The molecule has 7 heteroatoms. The molecule has 0 aliphatic rings. The Bertz CT molecular complexity index is 560. The van der Waals surface area contributed by atoms with Gasteiger partial charge in [-0.15, -0.1) is 5.10 Å². The van der Waals surface area contributed by atoms with Crippen molar-refractivity contribution in [1.82, 2.24) is 24.7 Å². The van der Waals surface area contributed by atoms with Crippen LogP contribution in [0.25, 0.3) is 0 Å². The maximum atomic E-state index is 11.8. The van der Waals surface area contributed by atoms with Gasteiger partial charge in [0.15, 0.2) is 0 Å². The topological polar surface area (TPSA) is 72.7 Å². The number of amides is 1. The first-order valence-corrected chi connectivity index (χ1v) is 6.43. The molecule has 0 spiro atoms. The molecule has 0 aliphatic heterocycles. The zero-order chi connectivity index (χ0) is 13.1. The molecule has 0 atom stereocenters. The van der Waals surface area contributed by atoms with Crippen LogP contribution >= 0.6 is 11.5 Å². The molecule has 0 bridgehead atoms. The van der Waals surface area contributed by atoms with Crippen LogP contribution in [-0.4, -0.2) is 31.8 Å². The number of aryl methyl sites for hydroxylation is 3. The van der Waals surface area contributed by atoms with Crippen LogP contribution in [0, 0.1) is 20.8 Å². The van der Waals surface area contributed by atoms with Gasteiger partial charge >= 0.3 is 0 Å². The lowest BCUT2D eigenvalue weighted by atomic mass is 10.4. The van der Waals surface area contributed by atoms with E-state index in [1.165, 1.54) is 0 Å². The van der Waals surface area contributed by atoms with E-state index < -0.39 is 0 Å². The van der Waals surface area contributed by atoms with Gasteiger partial charge in [-0.25, -0.2) is 0 Å². The molecule has 6 nitrogen and oxygen atoms in total. The highest BCUT2D eigenvalue weighted by Crippen LogP contribution is 2.08. The largest absolute Gasteiger partial charge is 0.349 e. The molecule has 2 aromatic rings. The van der Waals surface area contributed by atoms with Gasteiger partial charge in [-0.05, 0) is 38.4 Å². The van der Waals surface area contributed by atoms with Crippen molar-refractivity contribution < 1.29 is 4.79 Å². The Morgan fingerprint density at radius 3 is 2.78 bits per heavy atom. The molecule has 0 saturated carbocycles. The highest BCUT2D eigenvalue weighted by Gasteiger charge is 2.12. The van der Waals surface area contributed by atoms with Crippen LogP contribution in [0.2, 0.25) is 0 Å². The van der Waals surface area contributed by atoms with Crippen molar-refractivity contribution in [2.24, 2.45) is 0 Å². The van der Waals surface area contributed by atoms with Crippen LogP contribution < -0.4 is 5.32 Å². The van der Waals surface area contributed by atoms with Crippen molar-refractivity contribution in [2.75, 3.05) is 6.54 Å². The minimum atomic E-state index is -0.121. The summed E-state index contributed by atoms with van der Waals surface area (Å²) < 4.78 is 5.62. The fourth-order valence-electron chi connectivity index (χ4n) is 1.70. The molecule has 0 saturated heterocycles. The first-order chi connectivity index (χ1) is 8.58. The molecule has 0 fully saturated rings. The minimum Gasteiger partial charge on any atom is -0.349 e. The molecule has 1 amide bonds. The van der Waals surface area contributed by atoms with Crippen molar-refractivity contribution in [3.63, 3.8) is 0 Å². The number of nitrogens with one attached hydrogen (secondary N) is 1. The molecule has 2 heterocycles. The van der Waals surface area contributed by atoms with E-state index in [1.54, 1.807) is 6.92 Å². The molecule has 0 aromatic carbocycles. The first-order valence-electron chi connectivity index (χ1n) is 5.66. The number of carbonyl (C=O) groups is 1. The van der Waals surface area contributed by atoms with Gasteiger partial charge in [0.1, 0.15) is 4.88 Å². The van der Waals surface area contributed by atoms with Gasteiger partial charge in [-0.1, -0.05) is 4.49 Å². The summed E-state index contributed by atoms with van der Waals surface area (Å²) in [6, 6.07) is 2.01. The Morgan fingerprint density at radius 2 is 2.22 bits per heavy atom. The summed E-state index contributed by atoms with van der Waals surface area (Å²) in [5.41, 5.74) is 2.75. The van der Waals surface area contributed by atoms with E-state index in [2.05, 4.69) is 20.0 Å². The van der Waals surface area contributed by atoms with Crippen LogP contribution in [-0.2, 0) is 6.54 Å². The highest BCUT2D eigenvalue weighted by atomic mass is 32.1. The lowest BCUT2D eigenvalue weighted by Crippen LogP contribution is -2.27. The maximum absolute atomic E-state index is 11.8. The second kappa shape index (κ2) is 5.26. The molecular weight excluding hydrogens is 250 g/mol. The minimum absolute atomic E-state index is 0.121. The number of carbonyl (C=O) groups excluding carboxylic acids is 1. The Balaban J connectivity index is 1.88. The van der Waals surface area contributed by atoms with Gasteiger partial charge in [0.2, 0.25) is 0 Å². The molecule has 0 radical (unpaired) electrons. The van der Waals surface area contributed by atoms with E-state index >= 15 is 0 Å². The van der Waals surface area contributed by atoms with E-state index in [1.807, 2.05) is 24.6 Å². The van der Waals surface area contributed by atoms with E-state index in [4.69, 9.17) is 0 Å². The summed E-state index contributed by atoms with van der Waals surface area (Å²) in [5, 5.41) is 11.0. The summed E-state index contributed by atoms with van der Waals surface area (Å²) in [7, 11) is 0. The van der Waals surface area contributed by atoms with E-state index in [0.717, 1.165) is 22.9 Å². The monoisotopic (exact) mass is 265 g/mol. The van der Waals surface area contributed by atoms with Gasteiger partial charge in [0, 0.05) is 12.2 Å². The van der Waals surface area contributed by atoms with Crippen molar-refractivity contribution in [3.05, 3.63) is 28.0 Å². The summed E-state index contributed by atoms with van der Waals surface area (Å²) in [4.78, 5) is 12.4. The Labute approximate surface area is 109 Å². The fraction of sp³-hybridized carbons (Fsp3) is 0.455. The summed E-state index contributed by atoms with van der Waals surface area (Å²) in [6.45, 7) is 6.93. The molecule has 2 aromatic heterocycles. The van der Waals surface area contributed by atoms with Crippen LogP contribution in [0.15, 0.2) is 6.07 Å². The highest BCUT2D eigenvalue weighted by molar-refractivity contribution is 7.07. The van der Waals surface area contributed by atoms with Crippen molar-refractivity contribution in [3.8, 4) is 0 Å². The summed E-state index contributed by atoms with van der Waals surface area (Å²) in [5.74, 6) is -0.121. The summed E-state index contributed by atoms with van der Waals surface area (Å²) in [6.07, 6.45) is 0. The van der Waals surface area contributed by atoms with E-state index in [0.29, 0.717) is 23.7 Å². The molecule has 96 valence electrons. The smallest absolute Gasteiger partial charge is 0.265 e. The Kier molecular flexibility index (Phi) is 3.71. The summed E-state index contributed by atoms with van der Waals surface area (Å²) >= 11 is 1.12. The van der Waals surface area contributed by atoms with Gasteiger partial charge in [0.25, 0.3) is 5.91 Å². The molecular formula is C11H15N5OS. The predicted molar refractivity (Wildman–Crippen MR) is 68.7 cm³/mol. The standard InChI is InChI=1S/C11H15N5OS/c1-7-6-8(2)16(14-7)5-4-12-11(17)10-9(3)13-15-18-10/h6H,4-5H2,1-3H3,(H,12,17). The van der Waals surface area contributed by atoms with Gasteiger partial charge < -0.3 is 5.32 Å². The van der Waals surface area contributed by atoms with E-state index in [-0.39, 0.29) is 5.91 Å². The average molecular weight is 265 g/mol. The third kappa shape index (κ3) is 2.73. The lowest BCUT2D eigenvalue weighted by Gasteiger charge is -2.05. The molecule has 18 heavy (non-hydrogen) atoms. The zero-order valence-electron chi connectivity index (χ0n) is 10.6. The molecule has 0 aliphatic carbocycles. The number of rotatable bonds is 4. The second-order valence-corrected chi connectivity index (χ2v) is 4.85. The fourth-order valence-corrected chi connectivity index (χ4v) is 2.27. The first kappa shape index (κ1) is 12.7. The lowest BCUT2D eigenvalue weighted by molar-refractivity contribution is 0.0955. The van der Waals surface area contributed by atoms with Crippen LogP contribution in [0.5, 0.6) is 0 Å². The van der Waals surface area contributed by atoms with Crippen LogP contribution in [0.1, 0.15) is 26.8 Å². The predicted octanol–water partition coefficient (Wildman–Crippen LogP) is 1.09. The van der Waals surface area contributed by atoms with Gasteiger partial charge in [0.05, 0.1) is 17.9 Å². The van der Waals surface area contributed by atoms with Crippen molar-refractivity contribution >= 4 is 17.4 Å². The van der Waals surface area contributed by atoms with Gasteiger partial charge in [-0.2, -0.15) is 5.10 Å².